The molecule has 2 N–H and O–H groups in total. The number of imidazole rings is 1. The molecule has 0 aliphatic carbocycles. The maximum Gasteiger partial charge on any atom is 0.123 e. The minimum absolute atomic E-state index is 0.242. The van der Waals surface area contributed by atoms with Crippen LogP contribution in [0.15, 0.2) is 65.3 Å². The third kappa shape index (κ3) is 6.05. The van der Waals surface area contributed by atoms with Crippen molar-refractivity contribution < 1.29 is 0 Å². The van der Waals surface area contributed by atoms with Crippen LogP contribution >= 0.6 is 15.9 Å². The van der Waals surface area contributed by atoms with Crippen LogP contribution in [0.25, 0.3) is 11.3 Å². The average molecular weight is 426 g/mol. The highest BCUT2D eigenvalue weighted by molar-refractivity contribution is 9.10. The van der Waals surface area contributed by atoms with E-state index in [1.54, 1.807) is 0 Å². The SMILES string of the molecule is CCCCCC[C@H](NCc1ccccc1)c1ncc(-c2ccc(Br)cc2)[nH]1. The number of H-pyrrole nitrogens is 1. The van der Waals surface area contributed by atoms with E-state index >= 15 is 0 Å². The van der Waals surface area contributed by atoms with Gasteiger partial charge in [0.1, 0.15) is 5.82 Å². The topological polar surface area (TPSA) is 40.7 Å². The van der Waals surface area contributed by atoms with Crippen LogP contribution in [-0.4, -0.2) is 9.97 Å². The van der Waals surface area contributed by atoms with Crippen LogP contribution in [0.1, 0.15) is 56.5 Å². The van der Waals surface area contributed by atoms with Crippen LogP contribution in [0.2, 0.25) is 0 Å². The first-order valence-corrected chi connectivity index (χ1v) is 10.6. The summed E-state index contributed by atoms with van der Waals surface area (Å²) in [6, 6.07) is 19.1. The number of nitrogens with zero attached hydrogens (tertiary/aromatic N) is 1. The predicted molar refractivity (Wildman–Crippen MR) is 117 cm³/mol. The summed E-state index contributed by atoms with van der Waals surface area (Å²) < 4.78 is 1.09. The number of hydrogen-bond donors (Lipinski definition) is 2. The second kappa shape index (κ2) is 10.4. The Morgan fingerprint density at radius 3 is 2.52 bits per heavy atom. The number of rotatable bonds is 10. The second-order valence-electron chi connectivity index (χ2n) is 6.96. The zero-order chi connectivity index (χ0) is 18.9. The highest BCUT2D eigenvalue weighted by atomic mass is 79.9. The molecular weight excluding hydrogens is 398 g/mol. The van der Waals surface area contributed by atoms with Crippen molar-refractivity contribution >= 4 is 15.9 Å². The van der Waals surface area contributed by atoms with Gasteiger partial charge in [-0.25, -0.2) is 4.98 Å². The zero-order valence-electron chi connectivity index (χ0n) is 15.9. The molecule has 3 nitrogen and oxygen atoms in total. The number of aromatic nitrogens is 2. The molecule has 3 aromatic rings. The Bertz CT molecular complexity index is 796. The van der Waals surface area contributed by atoms with Gasteiger partial charge < -0.3 is 10.3 Å². The maximum absolute atomic E-state index is 4.70. The van der Waals surface area contributed by atoms with Crippen molar-refractivity contribution in [2.45, 2.75) is 51.6 Å². The molecule has 2 aromatic carbocycles. The van der Waals surface area contributed by atoms with Crippen LogP contribution < -0.4 is 5.32 Å². The lowest BCUT2D eigenvalue weighted by molar-refractivity contribution is 0.453. The summed E-state index contributed by atoms with van der Waals surface area (Å²) in [6.07, 6.45) is 8.10. The smallest absolute Gasteiger partial charge is 0.123 e. The van der Waals surface area contributed by atoms with Gasteiger partial charge in [-0.3, -0.25) is 0 Å². The normalized spacial score (nSPS) is 12.2. The summed E-state index contributed by atoms with van der Waals surface area (Å²) in [5.41, 5.74) is 3.53. The van der Waals surface area contributed by atoms with Crippen molar-refractivity contribution in [3.05, 3.63) is 76.7 Å². The summed E-state index contributed by atoms with van der Waals surface area (Å²) in [6.45, 7) is 3.11. The van der Waals surface area contributed by atoms with Gasteiger partial charge in [0.15, 0.2) is 0 Å². The summed E-state index contributed by atoms with van der Waals surface area (Å²) in [5, 5.41) is 3.70. The van der Waals surface area contributed by atoms with Crippen LogP contribution in [-0.2, 0) is 6.54 Å². The van der Waals surface area contributed by atoms with Crippen molar-refractivity contribution in [3.8, 4) is 11.3 Å². The van der Waals surface area contributed by atoms with E-state index in [2.05, 4.69) is 87.8 Å². The molecule has 3 rings (SSSR count). The molecular formula is C23H28BrN3. The lowest BCUT2D eigenvalue weighted by Gasteiger charge is -2.17. The fourth-order valence-electron chi connectivity index (χ4n) is 3.24. The van der Waals surface area contributed by atoms with E-state index in [4.69, 9.17) is 4.98 Å². The summed E-state index contributed by atoms with van der Waals surface area (Å²) in [5.74, 6) is 1.03. The van der Waals surface area contributed by atoms with Gasteiger partial charge in [-0.2, -0.15) is 0 Å². The van der Waals surface area contributed by atoms with E-state index in [1.807, 2.05) is 6.20 Å². The van der Waals surface area contributed by atoms with Crippen LogP contribution in [0.5, 0.6) is 0 Å². The quantitative estimate of drug-likeness (QED) is 0.357. The van der Waals surface area contributed by atoms with E-state index in [-0.39, 0.29) is 6.04 Å². The molecule has 0 fully saturated rings. The van der Waals surface area contributed by atoms with Crippen molar-refractivity contribution in [3.63, 3.8) is 0 Å². The minimum Gasteiger partial charge on any atom is -0.341 e. The molecule has 0 spiro atoms. The highest BCUT2D eigenvalue weighted by Gasteiger charge is 2.15. The fraction of sp³-hybridized carbons (Fsp3) is 0.348. The monoisotopic (exact) mass is 425 g/mol. The van der Waals surface area contributed by atoms with Crippen molar-refractivity contribution in [1.29, 1.82) is 0 Å². The number of hydrogen-bond acceptors (Lipinski definition) is 2. The first-order chi connectivity index (χ1) is 13.3. The Labute approximate surface area is 170 Å². The molecule has 0 radical (unpaired) electrons. The Hall–Kier alpha value is -1.91. The van der Waals surface area contributed by atoms with Crippen LogP contribution in [0.4, 0.5) is 0 Å². The predicted octanol–water partition coefficient (Wildman–Crippen LogP) is 6.64. The van der Waals surface area contributed by atoms with Crippen LogP contribution in [0.3, 0.4) is 0 Å². The number of halogens is 1. The summed E-state index contributed by atoms with van der Waals surface area (Å²) in [4.78, 5) is 8.23. The van der Waals surface area contributed by atoms with Gasteiger partial charge in [-0.05, 0) is 29.7 Å². The third-order valence-electron chi connectivity index (χ3n) is 4.82. The molecule has 4 heteroatoms. The van der Waals surface area contributed by atoms with E-state index in [1.165, 1.54) is 31.2 Å². The van der Waals surface area contributed by atoms with Gasteiger partial charge in [0.2, 0.25) is 0 Å². The van der Waals surface area contributed by atoms with Gasteiger partial charge in [0.25, 0.3) is 0 Å². The first-order valence-electron chi connectivity index (χ1n) is 9.84. The average Bonchev–Trinajstić information content (AvgIpc) is 3.19. The molecule has 0 amide bonds. The van der Waals surface area contributed by atoms with Crippen molar-refractivity contribution in [2.24, 2.45) is 0 Å². The highest BCUT2D eigenvalue weighted by Crippen LogP contribution is 2.24. The van der Waals surface area contributed by atoms with Crippen molar-refractivity contribution in [2.75, 3.05) is 0 Å². The Morgan fingerprint density at radius 1 is 1.00 bits per heavy atom. The first kappa shape index (κ1) is 19.8. The Morgan fingerprint density at radius 2 is 1.78 bits per heavy atom. The molecule has 0 aliphatic rings. The Balaban J connectivity index is 1.70. The minimum atomic E-state index is 0.242. The molecule has 1 atom stereocenters. The number of unbranched alkanes of at least 4 members (excludes halogenated alkanes) is 3. The van der Waals surface area contributed by atoms with Crippen molar-refractivity contribution in [1.82, 2.24) is 15.3 Å². The lowest BCUT2D eigenvalue weighted by Crippen LogP contribution is -2.22. The number of nitrogens with one attached hydrogen (secondary N) is 2. The zero-order valence-corrected chi connectivity index (χ0v) is 17.5. The third-order valence-corrected chi connectivity index (χ3v) is 5.35. The molecule has 27 heavy (non-hydrogen) atoms. The van der Waals surface area contributed by atoms with E-state index in [9.17, 15) is 0 Å². The number of aromatic amines is 1. The molecule has 1 heterocycles. The molecule has 142 valence electrons. The maximum atomic E-state index is 4.70. The molecule has 0 saturated heterocycles. The van der Waals surface area contributed by atoms with Gasteiger partial charge in [0.05, 0.1) is 17.9 Å². The van der Waals surface area contributed by atoms with Gasteiger partial charge in [0, 0.05) is 11.0 Å². The van der Waals surface area contributed by atoms with E-state index in [0.717, 1.165) is 34.5 Å². The fourth-order valence-corrected chi connectivity index (χ4v) is 3.50. The molecule has 0 saturated carbocycles. The lowest BCUT2D eigenvalue weighted by atomic mass is 10.1. The molecule has 0 aliphatic heterocycles. The summed E-state index contributed by atoms with van der Waals surface area (Å²) >= 11 is 3.49. The largest absolute Gasteiger partial charge is 0.341 e. The Kier molecular flexibility index (Phi) is 7.66. The van der Waals surface area contributed by atoms with E-state index < -0.39 is 0 Å². The second-order valence-corrected chi connectivity index (χ2v) is 7.87. The summed E-state index contributed by atoms with van der Waals surface area (Å²) in [7, 11) is 0. The number of benzene rings is 2. The standard InChI is InChI=1S/C23H28BrN3/c1-2-3-4-8-11-21(25-16-18-9-6-5-7-10-18)23-26-17-22(27-23)19-12-14-20(24)15-13-19/h5-7,9-10,12-15,17,21,25H,2-4,8,11,16H2,1H3,(H,26,27)/t21-/m0/s1. The van der Waals surface area contributed by atoms with E-state index in [0.29, 0.717) is 0 Å². The van der Waals surface area contributed by atoms with Crippen LogP contribution in [0, 0.1) is 0 Å². The van der Waals surface area contributed by atoms with Gasteiger partial charge >= 0.3 is 0 Å². The molecule has 0 unspecified atom stereocenters. The van der Waals surface area contributed by atoms with Gasteiger partial charge in [-0.15, -0.1) is 0 Å². The van der Waals surface area contributed by atoms with Gasteiger partial charge in [-0.1, -0.05) is 91.0 Å². The molecule has 0 bridgehead atoms. The molecule has 1 aromatic heterocycles.